The Hall–Kier alpha value is -1.63. The van der Waals surface area contributed by atoms with Crippen molar-refractivity contribution in [3.63, 3.8) is 0 Å². The minimum absolute atomic E-state index is 1.04. The largest absolute Gasteiger partial charge is 0.253 e. The van der Waals surface area contributed by atoms with E-state index in [2.05, 4.69) is 17.1 Å². The molecule has 0 aliphatic heterocycles. The Kier molecular flexibility index (Phi) is 2.09. The van der Waals surface area contributed by atoms with Gasteiger partial charge in [0, 0.05) is 11.3 Å². The average Bonchev–Trinajstić information content (AvgIpc) is 2.08. The van der Waals surface area contributed by atoms with E-state index in [0.29, 0.717) is 0 Å². The number of hydrogen-bond acceptors (Lipinski definition) is 1. The van der Waals surface area contributed by atoms with E-state index < -0.39 is 0 Å². The smallest absolute Gasteiger partial charge is 0.0705 e. The lowest BCUT2D eigenvalue weighted by Crippen LogP contribution is -1.89. The molecule has 1 aliphatic carbocycles. The van der Waals surface area contributed by atoms with Crippen LogP contribution in [0.3, 0.4) is 0 Å². The molecule has 0 fully saturated rings. The van der Waals surface area contributed by atoms with Gasteiger partial charge in [0.1, 0.15) is 0 Å². The van der Waals surface area contributed by atoms with Crippen LogP contribution in [0, 0.1) is 6.92 Å². The number of fused-ring (bicyclic) bond motifs is 1. The molecule has 0 atom stereocenters. The number of pyridine rings is 1. The van der Waals surface area contributed by atoms with Crippen LogP contribution in [0.5, 0.6) is 0 Å². The van der Waals surface area contributed by atoms with Crippen molar-refractivity contribution < 1.29 is 0 Å². The highest BCUT2D eigenvalue weighted by Gasteiger charge is 1.97. The minimum Gasteiger partial charge on any atom is -0.253 e. The van der Waals surface area contributed by atoms with Crippen LogP contribution in [-0.2, 0) is 0 Å². The standard InChI is InChI=1S/C12H11N/c1-10-8-9-11-6-4-2-3-5-7-12(11)13-10/h2-9H,1H3. The quantitative estimate of drug-likeness (QED) is 0.581. The second-order valence-corrected chi connectivity index (χ2v) is 3.03. The number of allylic oxidation sites excluding steroid dienone is 4. The lowest BCUT2D eigenvalue weighted by atomic mass is 10.1. The molecule has 1 heterocycles. The molecule has 1 aliphatic rings. The molecule has 64 valence electrons. The maximum absolute atomic E-state index is 4.44. The van der Waals surface area contributed by atoms with E-state index in [9.17, 15) is 0 Å². The fourth-order valence-corrected chi connectivity index (χ4v) is 1.30. The predicted molar refractivity (Wildman–Crippen MR) is 56.2 cm³/mol. The van der Waals surface area contributed by atoms with Crippen LogP contribution in [0.15, 0.2) is 36.4 Å². The summed E-state index contributed by atoms with van der Waals surface area (Å²) in [5, 5.41) is 0. The van der Waals surface area contributed by atoms with Crippen molar-refractivity contribution >= 4 is 12.2 Å². The summed E-state index contributed by atoms with van der Waals surface area (Å²) < 4.78 is 0. The molecule has 0 aromatic carbocycles. The molecule has 2 rings (SSSR count). The molecule has 13 heavy (non-hydrogen) atoms. The van der Waals surface area contributed by atoms with E-state index in [1.54, 1.807) is 0 Å². The Morgan fingerprint density at radius 2 is 1.69 bits per heavy atom. The third-order valence-corrected chi connectivity index (χ3v) is 1.96. The summed E-state index contributed by atoms with van der Waals surface area (Å²) >= 11 is 0. The van der Waals surface area contributed by atoms with Crippen molar-refractivity contribution in [1.82, 2.24) is 4.98 Å². The summed E-state index contributed by atoms with van der Waals surface area (Å²) in [6, 6.07) is 4.12. The molecule has 0 spiro atoms. The van der Waals surface area contributed by atoms with Gasteiger partial charge in [0.05, 0.1) is 5.69 Å². The number of hydrogen-bond donors (Lipinski definition) is 0. The van der Waals surface area contributed by atoms with Gasteiger partial charge in [-0.05, 0) is 19.1 Å². The lowest BCUT2D eigenvalue weighted by molar-refractivity contribution is 1.17. The van der Waals surface area contributed by atoms with Gasteiger partial charge in [-0.1, -0.05) is 36.4 Å². The molecular formula is C12H11N. The molecule has 0 radical (unpaired) electrons. The number of rotatable bonds is 0. The van der Waals surface area contributed by atoms with Crippen molar-refractivity contribution in [3.8, 4) is 0 Å². The predicted octanol–water partition coefficient (Wildman–Crippen LogP) is 2.99. The van der Waals surface area contributed by atoms with Gasteiger partial charge in [-0.2, -0.15) is 0 Å². The van der Waals surface area contributed by atoms with Gasteiger partial charge < -0.3 is 0 Å². The molecule has 0 saturated heterocycles. The Morgan fingerprint density at radius 1 is 0.923 bits per heavy atom. The molecule has 0 unspecified atom stereocenters. The van der Waals surface area contributed by atoms with E-state index in [1.807, 2.05) is 43.4 Å². The number of aryl methyl sites for hydroxylation is 1. The first-order valence-corrected chi connectivity index (χ1v) is 4.35. The van der Waals surface area contributed by atoms with E-state index in [4.69, 9.17) is 0 Å². The van der Waals surface area contributed by atoms with Crippen LogP contribution in [0.4, 0.5) is 0 Å². The van der Waals surface area contributed by atoms with Crippen molar-refractivity contribution in [2.45, 2.75) is 6.92 Å². The highest BCUT2D eigenvalue weighted by Crippen LogP contribution is 2.13. The van der Waals surface area contributed by atoms with Gasteiger partial charge >= 0.3 is 0 Å². The normalized spacial score (nSPS) is 13.6. The van der Waals surface area contributed by atoms with Crippen LogP contribution in [0.25, 0.3) is 12.2 Å². The highest BCUT2D eigenvalue weighted by molar-refractivity contribution is 5.65. The second kappa shape index (κ2) is 3.40. The van der Waals surface area contributed by atoms with Gasteiger partial charge in [0.15, 0.2) is 0 Å². The summed E-state index contributed by atoms with van der Waals surface area (Å²) in [6.07, 6.45) is 12.2. The first kappa shape index (κ1) is 7.99. The zero-order chi connectivity index (χ0) is 9.10. The molecular weight excluding hydrogens is 158 g/mol. The third kappa shape index (κ3) is 1.75. The van der Waals surface area contributed by atoms with Crippen LogP contribution in [0.1, 0.15) is 17.0 Å². The maximum atomic E-state index is 4.44. The van der Waals surface area contributed by atoms with Crippen molar-refractivity contribution in [2.24, 2.45) is 0 Å². The summed E-state index contributed by atoms with van der Waals surface area (Å²) in [5.41, 5.74) is 3.27. The maximum Gasteiger partial charge on any atom is 0.0705 e. The Labute approximate surface area is 78.1 Å². The summed E-state index contributed by atoms with van der Waals surface area (Å²) in [5.74, 6) is 0. The average molecular weight is 169 g/mol. The van der Waals surface area contributed by atoms with Gasteiger partial charge in [0.2, 0.25) is 0 Å². The van der Waals surface area contributed by atoms with Gasteiger partial charge in [-0.15, -0.1) is 0 Å². The Balaban J connectivity index is 2.56. The molecule has 1 aromatic rings. The molecule has 0 bridgehead atoms. The monoisotopic (exact) mass is 169 g/mol. The highest BCUT2D eigenvalue weighted by atomic mass is 14.7. The zero-order valence-electron chi connectivity index (χ0n) is 7.57. The number of aromatic nitrogens is 1. The molecule has 0 N–H and O–H groups in total. The van der Waals surface area contributed by atoms with E-state index in [0.717, 1.165) is 11.4 Å². The lowest BCUT2D eigenvalue weighted by Gasteiger charge is -2.02. The molecule has 1 aromatic heterocycles. The van der Waals surface area contributed by atoms with Crippen molar-refractivity contribution in [2.75, 3.05) is 0 Å². The minimum atomic E-state index is 1.04. The van der Waals surface area contributed by atoms with Crippen molar-refractivity contribution in [3.05, 3.63) is 53.4 Å². The van der Waals surface area contributed by atoms with Crippen molar-refractivity contribution in [1.29, 1.82) is 0 Å². The SMILES string of the molecule is Cc1ccc2c(n1)C=CC=CC=C2. The first-order valence-electron chi connectivity index (χ1n) is 4.35. The molecule has 1 nitrogen and oxygen atoms in total. The fraction of sp³-hybridized carbons (Fsp3) is 0.0833. The molecule has 0 saturated carbocycles. The summed E-state index contributed by atoms with van der Waals surface area (Å²) in [6.45, 7) is 2.01. The van der Waals surface area contributed by atoms with Crippen LogP contribution < -0.4 is 0 Å². The van der Waals surface area contributed by atoms with Gasteiger partial charge in [-0.3, -0.25) is 4.98 Å². The Bertz CT molecular complexity index is 398. The van der Waals surface area contributed by atoms with Gasteiger partial charge in [0.25, 0.3) is 0 Å². The fourth-order valence-electron chi connectivity index (χ4n) is 1.30. The van der Waals surface area contributed by atoms with E-state index in [-0.39, 0.29) is 0 Å². The summed E-state index contributed by atoms with van der Waals surface area (Å²) in [4.78, 5) is 4.44. The van der Waals surface area contributed by atoms with E-state index >= 15 is 0 Å². The third-order valence-electron chi connectivity index (χ3n) is 1.96. The molecule has 1 heteroatoms. The van der Waals surface area contributed by atoms with Crippen LogP contribution >= 0.6 is 0 Å². The summed E-state index contributed by atoms with van der Waals surface area (Å²) in [7, 11) is 0. The van der Waals surface area contributed by atoms with Crippen LogP contribution in [0.2, 0.25) is 0 Å². The second-order valence-electron chi connectivity index (χ2n) is 3.03. The van der Waals surface area contributed by atoms with E-state index in [1.165, 1.54) is 5.56 Å². The number of nitrogens with zero attached hydrogens (tertiary/aromatic N) is 1. The first-order chi connectivity index (χ1) is 6.36. The Morgan fingerprint density at radius 3 is 2.54 bits per heavy atom. The zero-order valence-corrected chi connectivity index (χ0v) is 7.57. The van der Waals surface area contributed by atoms with Crippen LogP contribution in [-0.4, -0.2) is 4.98 Å². The molecule has 0 amide bonds. The topological polar surface area (TPSA) is 12.9 Å². The van der Waals surface area contributed by atoms with Gasteiger partial charge in [-0.25, -0.2) is 0 Å².